The summed E-state index contributed by atoms with van der Waals surface area (Å²) in [6, 6.07) is 11.0. The van der Waals surface area contributed by atoms with Crippen LogP contribution >= 0.6 is 0 Å². The van der Waals surface area contributed by atoms with Crippen molar-refractivity contribution in [1.29, 1.82) is 5.41 Å². The molecule has 0 unspecified atom stereocenters. The van der Waals surface area contributed by atoms with Crippen molar-refractivity contribution in [2.24, 2.45) is 4.99 Å². The van der Waals surface area contributed by atoms with Crippen LogP contribution in [0.25, 0.3) is 5.69 Å². The first kappa shape index (κ1) is 21.2. The van der Waals surface area contributed by atoms with Crippen LogP contribution in [0.1, 0.15) is 17.8 Å². The lowest BCUT2D eigenvalue weighted by Crippen LogP contribution is -2.22. The van der Waals surface area contributed by atoms with E-state index in [2.05, 4.69) is 19.8 Å². The summed E-state index contributed by atoms with van der Waals surface area (Å²) in [6.45, 7) is 1.83. The van der Waals surface area contributed by atoms with Gasteiger partial charge in [-0.25, -0.2) is 17.8 Å². The van der Waals surface area contributed by atoms with E-state index in [4.69, 9.17) is 5.41 Å². The van der Waals surface area contributed by atoms with Crippen LogP contribution in [0, 0.1) is 12.3 Å². The van der Waals surface area contributed by atoms with Gasteiger partial charge in [-0.05, 0) is 44.3 Å². The van der Waals surface area contributed by atoms with E-state index in [9.17, 15) is 13.2 Å². The number of aliphatic imine (C=N–C) groups is 1. The molecule has 1 aromatic carbocycles. The Balaban J connectivity index is 2.12. The zero-order chi connectivity index (χ0) is 21.7. The molecule has 2 heterocycles. The van der Waals surface area contributed by atoms with Crippen LogP contribution in [0.15, 0.2) is 69.5 Å². The number of nitrogens with one attached hydrogen (secondary N) is 2. The first-order valence-corrected chi connectivity index (χ1v) is 10.5. The third-order valence-electron chi connectivity index (χ3n) is 4.18. The molecule has 154 valence electrons. The predicted molar refractivity (Wildman–Crippen MR) is 115 cm³/mol. The van der Waals surface area contributed by atoms with Gasteiger partial charge in [0, 0.05) is 36.8 Å². The molecule has 0 aliphatic carbocycles. The average Bonchev–Trinajstić information content (AvgIpc) is 2.74. The van der Waals surface area contributed by atoms with Gasteiger partial charge in [-0.1, -0.05) is 6.07 Å². The molecule has 3 aromatic rings. The number of hydrogen-bond acceptors (Lipinski definition) is 7. The Kier molecular flexibility index (Phi) is 6.28. The molecule has 0 saturated heterocycles. The first-order chi connectivity index (χ1) is 14.3. The van der Waals surface area contributed by atoms with Gasteiger partial charge in [0.1, 0.15) is 0 Å². The van der Waals surface area contributed by atoms with Crippen LogP contribution in [-0.4, -0.2) is 42.2 Å². The Morgan fingerprint density at radius 3 is 2.77 bits per heavy atom. The number of sulfonamides is 1. The molecule has 0 bridgehead atoms. The number of aromatic nitrogens is 3. The molecular formula is C20H20N6O3S. The second kappa shape index (κ2) is 8.89. The highest BCUT2D eigenvalue weighted by Gasteiger charge is 2.14. The fourth-order valence-electron chi connectivity index (χ4n) is 2.71. The number of hydrogen-bond donors (Lipinski definition) is 2. The lowest BCUT2D eigenvalue weighted by Gasteiger charge is -2.10. The van der Waals surface area contributed by atoms with E-state index in [0.717, 1.165) is 11.9 Å². The minimum atomic E-state index is -3.63. The number of benzene rings is 1. The van der Waals surface area contributed by atoms with Gasteiger partial charge in [-0.3, -0.25) is 14.8 Å². The van der Waals surface area contributed by atoms with Gasteiger partial charge in [0.05, 0.1) is 22.0 Å². The summed E-state index contributed by atoms with van der Waals surface area (Å²) in [7, 11) is -2.30. The van der Waals surface area contributed by atoms with Crippen molar-refractivity contribution < 1.29 is 8.42 Å². The van der Waals surface area contributed by atoms with E-state index in [1.54, 1.807) is 30.5 Å². The molecule has 2 N–H and O–H groups in total. The quantitative estimate of drug-likeness (QED) is 0.560. The third-order valence-corrected chi connectivity index (χ3v) is 5.59. The molecule has 9 nitrogen and oxygen atoms in total. The predicted octanol–water partition coefficient (Wildman–Crippen LogP) is 2.00. The Morgan fingerprint density at radius 1 is 1.27 bits per heavy atom. The fourth-order valence-corrected chi connectivity index (χ4v) is 3.48. The Labute approximate surface area is 173 Å². The Bertz CT molecular complexity index is 1280. The summed E-state index contributed by atoms with van der Waals surface area (Å²) >= 11 is 0. The maximum Gasteiger partial charge on any atom is 0.240 e. The highest BCUT2D eigenvalue weighted by atomic mass is 32.2. The fraction of sp³-hybridized carbons (Fsp3) is 0.150. The maximum atomic E-state index is 12.5. The largest absolute Gasteiger partial charge is 0.313 e. The number of pyridine rings is 1. The van der Waals surface area contributed by atoms with Gasteiger partial charge in [0.15, 0.2) is 5.69 Å². The van der Waals surface area contributed by atoms with E-state index in [1.165, 1.54) is 36.1 Å². The van der Waals surface area contributed by atoms with Crippen molar-refractivity contribution >= 4 is 27.6 Å². The molecule has 0 aliphatic rings. The molecule has 0 aliphatic heterocycles. The summed E-state index contributed by atoms with van der Waals surface area (Å²) < 4.78 is 27.9. The van der Waals surface area contributed by atoms with Gasteiger partial charge in [0.2, 0.25) is 15.5 Å². The van der Waals surface area contributed by atoms with Crippen molar-refractivity contribution in [1.82, 2.24) is 19.5 Å². The topological polar surface area (TPSA) is 130 Å². The van der Waals surface area contributed by atoms with Crippen molar-refractivity contribution in [2.75, 3.05) is 7.05 Å². The second-order valence-corrected chi connectivity index (χ2v) is 8.19. The zero-order valence-electron chi connectivity index (χ0n) is 16.4. The van der Waals surface area contributed by atoms with E-state index in [1.807, 2.05) is 6.92 Å². The van der Waals surface area contributed by atoms with E-state index < -0.39 is 10.0 Å². The molecule has 3 rings (SSSR count). The average molecular weight is 424 g/mol. The molecule has 0 atom stereocenters. The van der Waals surface area contributed by atoms with Crippen molar-refractivity contribution in [3.05, 3.63) is 76.5 Å². The smallest absolute Gasteiger partial charge is 0.240 e. The lowest BCUT2D eigenvalue weighted by atomic mass is 10.2. The third kappa shape index (κ3) is 4.73. The van der Waals surface area contributed by atoms with Gasteiger partial charge in [-0.2, -0.15) is 5.10 Å². The van der Waals surface area contributed by atoms with Gasteiger partial charge in [-0.15, -0.1) is 0 Å². The molecule has 0 amide bonds. The standard InChI is InChI=1S/C20H20N6O3S/c1-14-12-15(7-10-23-14)24-18(6-9-21)20-19(27)8-11-26(25-20)16-4-3-5-17(13-16)30(28,29)22-2/h3-5,7-13,21-22H,6H2,1-2H3. The molecule has 0 radical (unpaired) electrons. The van der Waals surface area contributed by atoms with Crippen LogP contribution < -0.4 is 10.2 Å². The van der Waals surface area contributed by atoms with Crippen molar-refractivity contribution in [3.63, 3.8) is 0 Å². The van der Waals surface area contributed by atoms with Crippen LogP contribution in [0.5, 0.6) is 0 Å². The highest BCUT2D eigenvalue weighted by Crippen LogP contribution is 2.16. The van der Waals surface area contributed by atoms with Crippen molar-refractivity contribution in [2.45, 2.75) is 18.2 Å². The summed E-state index contributed by atoms with van der Waals surface area (Å²) in [6.07, 6.45) is 4.32. The number of aryl methyl sites for hydroxylation is 1. The zero-order valence-corrected chi connectivity index (χ0v) is 17.2. The van der Waals surface area contributed by atoms with Crippen LogP contribution in [0.4, 0.5) is 5.69 Å². The summed E-state index contributed by atoms with van der Waals surface area (Å²) in [5.74, 6) is 0. The summed E-state index contributed by atoms with van der Waals surface area (Å²) in [4.78, 5) is 21.2. The first-order valence-electron chi connectivity index (χ1n) is 8.97. The molecule has 2 aromatic heterocycles. The van der Waals surface area contributed by atoms with Gasteiger partial charge < -0.3 is 5.41 Å². The SMILES string of the molecule is CNS(=O)(=O)c1cccc(-n2ccc(=O)c(C(CC=N)=Nc3ccnc(C)c3)n2)c1. The van der Waals surface area contributed by atoms with Gasteiger partial charge in [0.25, 0.3) is 0 Å². The second-order valence-electron chi connectivity index (χ2n) is 6.30. The molecule has 0 spiro atoms. The van der Waals surface area contributed by atoms with E-state index >= 15 is 0 Å². The van der Waals surface area contributed by atoms with E-state index in [-0.39, 0.29) is 22.4 Å². The minimum Gasteiger partial charge on any atom is -0.313 e. The van der Waals surface area contributed by atoms with Crippen LogP contribution in [0.3, 0.4) is 0 Å². The monoisotopic (exact) mass is 424 g/mol. The normalized spacial score (nSPS) is 12.0. The molecule has 0 fully saturated rings. The molecule has 30 heavy (non-hydrogen) atoms. The van der Waals surface area contributed by atoms with Crippen molar-refractivity contribution in [3.8, 4) is 5.69 Å². The minimum absolute atomic E-state index is 0.0743. The van der Waals surface area contributed by atoms with Gasteiger partial charge >= 0.3 is 0 Å². The summed E-state index contributed by atoms with van der Waals surface area (Å²) in [5, 5.41) is 11.8. The lowest BCUT2D eigenvalue weighted by molar-refractivity contribution is 0.588. The molecular weight excluding hydrogens is 404 g/mol. The number of rotatable bonds is 7. The maximum absolute atomic E-state index is 12.5. The van der Waals surface area contributed by atoms with E-state index in [0.29, 0.717) is 17.1 Å². The highest BCUT2D eigenvalue weighted by molar-refractivity contribution is 7.89. The van der Waals surface area contributed by atoms with Crippen LogP contribution in [-0.2, 0) is 10.0 Å². The van der Waals surface area contributed by atoms with Crippen LogP contribution in [0.2, 0.25) is 0 Å². The Hall–Kier alpha value is -3.50. The molecule has 10 heteroatoms. The molecule has 0 saturated carbocycles. The summed E-state index contributed by atoms with van der Waals surface area (Å²) in [5.41, 5.74) is 1.88. The Morgan fingerprint density at radius 2 is 2.07 bits per heavy atom. The number of nitrogens with zero attached hydrogens (tertiary/aromatic N) is 4.